The lowest BCUT2D eigenvalue weighted by Gasteiger charge is -2.15. The van der Waals surface area contributed by atoms with Crippen molar-refractivity contribution in [2.45, 2.75) is 32.8 Å². The van der Waals surface area contributed by atoms with Crippen LogP contribution in [0.4, 0.5) is 5.82 Å². The second-order valence-corrected chi connectivity index (χ2v) is 5.02. The average Bonchev–Trinajstić information content (AvgIpc) is 2.55. The number of nitrogens with zero attached hydrogens (tertiary/aromatic N) is 2. The molecule has 0 saturated carbocycles. The van der Waals surface area contributed by atoms with E-state index in [2.05, 4.69) is 25.8 Å². The molecule has 0 aromatic carbocycles. The summed E-state index contributed by atoms with van der Waals surface area (Å²) in [5.74, 6) is 0.673. The van der Waals surface area contributed by atoms with Crippen molar-refractivity contribution in [1.82, 2.24) is 9.38 Å². The van der Waals surface area contributed by atoms with E-state index in [4.69, 9.17) is 10.8 Å². The van der Waals surface area contributed by atoms with Crippen LogP contribution in [0.5, 0.6) is 0 Å². The number of hydrogen-bond acceptors (Lipinski definition) is 3. The lowest BCUT2D eigenvalue weighted by atomic mass is 9.92. The standard InChI is InChI=1S/C12H17N3O/c1-12(2,3)10-11(13)15-5-4-8(7-16)6-9(15)14-10/h4-6,16H,7,13H2,1-3H3. The van der Waals surface area contributed by atoms with E-state index in [-0.39, 0.29) is 12.0 Å². The number of nitrogen functional groups attached to an aromatic ring is 1. The summed E-state index contributed by atoms with van der Waals surface area (Å²) in [6.07, 6.45) is 1.85. The van der Waals surface area contributed by atoms with Crippen molar-refractivity contribution in [2.24, 2.45) is 0 Å². The summed E-state index contributed by atoms with van der Waals surface area (Å²) in [5, 5.41) is 9.06. The molecule has 3 N–H and O–H groups in total. The molecule has 0 bridgehead atoms. The van der Waals surface area contributed by atoms with Crippen LogP contribution >= 0.6 is 0 Å². The first-order valence-corrected chi connectivity index (χ1v) is 5.31. The minimum absolute atomic E-state index is 0.0219. The van der Waals surface area contributed by atoms with Crippen LogP contribution in [-0.4, -0.2) is 14.5 Å². The van der Waals surface area contributed by atoms with E-state index in [1.807, 2.05) is 22.7 Å². The first kappa shape index (κ1) is 11.0. The van der Waals surface area contributed by atoms with Gasteiger partial charge in [-0.3, -0.25) is 4.40 Å². The van der Waals surface area contributed by atoms with E-state index in [1.54, 1.807) is 0 Å². The van der Waals surface area contributed by atoms with Crippen LogP contribution in [0.1, 0.15) is 32.0 Å². The van der Waals surface area contributed by atoms with Gasteiger partial charge in [0.1, 0.15) is 11.5 Å². The Hall–Kier alpha value is -1.55. The molecule has 0 amide bonds. The highest BCUT2D eigenvalue weighted by Gasteiger charge is 2.22. The Labute approximate surface area is 94.7 Å². The molecular formula is C12H17N3O. The van der Waals surface area contributed by atoms with Crippen molar-refractivity contribution in [3.05, 3.63) is 29.6 Å². The average molecular weight is 219 g/mol. The quantitative estimate of drug-likeness (QED) is 0.767. The number of aliphatic hydroxyl groups is 1. The third kappa shape index (κ3) is 1.65. The second-order valence-electron chi connectivity index (χ2n) is 5.02. The van der Waals surface area contributed by atoms with Crippen LogP contribution in [0, 0.1) is 0 Å². The second kappa shape index (κ2) is 3.49. The molecule has 0 unspecified atom stereocenters. The number of fused-ring (bicyclic) bond motifs is 1. The number of aliphatic hydroxyl groups excluding tert-OH is 1. The lowest BCUT2D eigenvalue weighted by Crippen LogP contribution is -2.14. The third-order valence-electron chi connectivity index (χ3n) is 2.62. The van der Waals surface area contributed by atoms with Gasteiger partial charge in [-0.05, 0) is 17.7 Å². The van der Waals surface area contributed by atoms with Crippen LogP contribution in [-0.2, 0) is 12.0 Å². The molecule has 0 spiro atoms. The zero-order valence-corrected chi connectivity index (χ0v) is 9.86. The molecule has 0 fully saturated rings. The van der Waals surface area contributed by atoms with E-state index in [0.717, 1.165) is 16.9 Å². The van der Waals surface area contributed by atoms with E-state index >= 15 is 0 Å². The first-order chi connectivity index (χ1) is 7.43. The maximum atomic E-state index is 9.06. The smallest absolute Gasteiger partial charge is 0.139 e. The molecule has 16 heavy (non-hydrogen) atoms. The van der Waals surface area contributed by atoms with Gasteiger partial charge in [0, 0.05) is 11.6 Å². The highest BCUT2D eigenvalue weighted by molar-refractivity contribution is 5.55. The molecule has 2 heterocycles. The SMILES string of the molecule is CC(C)(C)c1nc2cc(CO)ccn2c1N. The summed E-state index contributed by atoms with van der Waals surface area (Å²) in [4.78, 5) is 4.52. The normalized spacial score (nSPS) is 12.2. The van der Waals surface area contributed by atoms with Crippen LogP contribution < -0.4 is 5.73 Å². The summed E-state index contributed by atoms with van der Waals surface area (Å²) < 4.78 is 1.85. The Morgan fingerprint density at radius 2 is 2.12 bits per heavy atom. The van der Waals surface area contributed by atoms with E-state index in [9.17, 15) is 0 Å². The maximum absolute atomic E-state index is 9.06. The Morgan fingerprint density at radius 1 is 1.44 bits per heavy atom. The number of anilines is 1. The lowest BCUT2D eigenvalue weighted by molar-refractivity contribution is 0.282. The molecule has 0 saturated heterocycles. The molecular weight excluding hydrogens is 202 g/mol. The number of imidazole rings is 1. The van der Waals surface area contributed by atoms with Gasteiger partial charge in [0.2, 0.25) is 0 Å². The van der Waals surface area contributed by atoms with Gasteiger partial charge in [-0.15, -0.1) is 0 Å². The molecule has 0 aliphatic heterocycles. The Bertz CT molecular complexity index is 523. The predicted octanol–water partition coefficient (Wildman–Crippen LogP) is 1.71. The molecule has 0 aliphatic carbocycles. The summed E-state index contributed by atoms with van der Waals surface area (Å²) in [7, 11) is 0. The molecule has 4 nitrogen and oxygen atoms in total. The molecule has 2 rings (SSSR count). The van der Waals surface area contributed by atoms with Crippen molar-refractivity contribution >= 4 is 11.5 Å². The molecule has 0 aliphatic rings. The van der Waals surface area contributed by atoms with Gasteiger partial charge < -0.3 is 10.8 Å². The zero-order valence-electron chi connectivity index (χ0n) is 9.86. The highest BCUT2D eigenvalue weighted by atomic mass is 16.3. The van der Waals surface area contributed by atoms with Gasteiger partial charge in [0.15, 0.2) is 0 Å². The molecule has 0 radical (unpaired) electrons. The number of hydrogen-bond donors (Lipinski definition) is 2. The number of pyridine rings is 1. The fourth-order valence-corrected chi connectivity index (χ4v) is 1.76. The number of aromatic nitrogens is 2. The zero-order chi connectivity index (χ0) is 11.9. The topological polar surface area (TPSA) is 63.5 Å². The minimum atomic E-state index is -0.0739. The molecule has 0 atom stereocenters. The van der Waals surface area contributed by atoms with Crippen molar-refractivity contribution in [2.75, 3.05) is 5.73 Å². The van der Waals surface area contributed by atoms with Crippen LogP contribution in [0.2, 0.25) is 0 Å². The predicted molar refractivity (Wildman–Crippen MR) is 64.2 cm³/mol. The fraction of sp³-hybridized carbons (Fsp3) is 0.417. The summed E-state index contributed by atoms with van der Waals surface area (Å²) in [6, 6.07) is 3.70. The van der Waals surface area contributed by atoms with Gasteiger partial charge in [0.25, 0.3) is 0 Å². The van der Waals surface area contributed by atoms with Gasteiger partial charge in [-0.2, -0.15) is 0 Å². The van der Waals surface area contributed by atoms with Crippen molar-refractivity contribution in [1.29, 1.82) is 0 Å². The van der Waals surface area contributed by atoms with Crippen molar-refractivity contribution in [3.8, 4) is 0 Å². The third-order valence-corrected chi connectivity index (χ3v) is 2.62. The summed E-state index contributed by atoms with van der Waals surface area (Å²) in [6.45, 7) is 6.27. The molecule has 2 aromatic rings. The van der Waals surface area contributed by atoms with Crippen LogP contribution in [0.3, 0.4) is 0 Å². The highest BCUT2D eigenvalue weighted by Crippen LogP contribution is 2.28. The number of rotatable bonds is 1. The van der Waals surface area contributed by atoms with Gasteiger partial charge in [-0.1, -0.05) is 20.8 Å². The largest absolute Gasteiger partial charge is 0.392 e. The maximum Gasteiger partial charge on any atom is 0.139 e. The Kier molecular flexibility index (Phi) is 2.39. The van der Waals surface area contributed by atoms with E-state index < -0.39 is 0 Å². The first-order valence-electron chi connectivity index (χ1n) is 5.31. The fourth-order valence-electron chi connectivity index (χ4n) is 1.76. The summed E-state index contributed by atoms with van der Waals surface area (Å²) in [5.41, 5.74) is 8.50. The monoisotopic (exact) mass is 219 g/mol. The van der Waals surface area contributed by atoms with E-state index in [0.29, 0.717) is 5.82 Å². The van der Waals surface area contributed by atoms with Crippen molar-refractivity contribution < 1.29 is 5.11 Å². The summed E-state index contributed by atoms with van der Waals surface area (Å²) >= 11 is 0. The Balaban J connectivity index is 2.68. The van der Waals surface area contributed by atoms with Crippen LogP contribution in [0.15, 0.2) is 18.3 Å². The van der Waals surface area contributed by atoms with Gasteiger partial charge in [-0.25, -0.2) is 4.98 Å². The molecule has 4 heteroatoms. The Morgan fingerprint density at radius 3 is 2.69 bits per heavy atom. The van der Waals surface area contributed by atoms with E-state index in [1.165, 1.54) is 0 Å². The number of nitrogens with two attached hydrogens (primary N) is 1. The van der Waals surface area contributed by atoms with Crippen LogP contribution in [0.25, 0.3) is 5.65 Å². The minimum Gasteiger partial charge on any atom is -0.392 e. The molecule has 86 valence electrons. The van der Waals surface area contributed by atoms with Crippen molar-refractivity contribution in [3.63, 3.8) is 0 Å². The van der Waals surface area contributed by atoms with Gasteiger partial charge >= 0.3 is 0 Å². The molecule has 2 aromatic heterocycles. The van der Waals surface area contributed by atoms with Gasteiger partial charge in [0.05, 0.1) is 12.3 Å².